The summed E-state index contributed by atoms with van der Waals surface area (Å²) in [7, 11) is 0. The van der Waals surface area contributed by atoms with Gasteiger partial charge in [0.2, 0.25) is 5.89 Å². The van der Waals surface area contributed by atoms with Crippen molar-refractivity contribution in [2.45, 2.75) is 32.6 Å². The van der Waals surface area contributed by atoms with Crippen molar-refractivity contribution in [1.82, 2.24) is 15.5 Å². The minimum absolute atomic E-state index is 0.0128. The van der Waals surface area contributed by atoms with Gasteiger partial charge in [0.25, 0.3) is 5.82 Å². The van der Waals surface area contributed by atoms with Crippen LogP contribution in [0.5, 0.6) is 0 Å². The molecule has 6 nitrogen and oxygen atoms in total. The Morgan fingerprint density at radius 1 is 1.61 bits per heavy atom. The minimum atomic E-state index is -0.530. The van der Waals surface area contributed by atoms with Gasteiger partial charge >= 0.3 is 5.97 Å². The Kier molecular flexibility index (Phi) is 3.65. The summed E-state index contributed by atoms with van der Waals surface area (Å²) in [5.74, 6) is 0.379. The lowest BCUT2D eigenvalue weighted by Crippen LogP contribution is -2.35. The molecule has 0 radical (unpaired) electrons. The van der Waals surface area contributed by atoms with E-state index in [0.29, 0.717) is 18.4 Å². The van der Waals surface area contributed by atoms with Crippen molar-refractivity contribution in [3.05, 3.63) is 11.7 Å². The molecule has 6 heteroatoms. The number of carbonyl (C=O) groups excluding carboxylic acids is 1. The zero-order chi connectivity index (χ0) is 13.2. The number of nitrogens with zero attached hydrogens (tertiary/aromatic N) is 2. The van der Waals surface area contributed by atoms with Gasteiger partial charge in [0.15, 0.2) is 0 Å². The molecular weight excluding hydrogens is 234 g/mol. The molecule has 0 aromatic carbocycles. The highest BCUT2D eigenvalue weighted by molar-refractivity contribution is 5.84. The van der Waals surface area contributed by atoms with Crippen LogP contribution in [0.2, 0.25) is 0 Å². The number of hydrogen-bond donors (Lipinski definition) is 1. The molecule has 1 saturated heterocycles. The van der Waals surface area contributed by atoms with Crippen LogP contribution in [0.25, 0.3) is 0 Å². The third-order valence-electron chi connectivity index (χ3n) is 3.60. The fourth-order valence-electron chi connectivity index (χ4n) is 2.34. The minimum Gasteiger partial charge on any atom is -0.460 e. The molecule has 100 valence electrons. The van der Waals surface area contributed by atoms with Gasteiger partial charge in [-0.25, -0.2) is 4.79 Å². The average Bonchev–Trinajstić information content (AvgIpc) is 2.99. The van der Waals surface area contributed by atoms with E-state index in [9.17, 15) is 4.79 Å². The first-order chi connectivity index (χ1) is 8.60. The molecule has 1 N–H and O–H groups in total. The van der Waals surface area contributed by atoms with E-state index in [-0.39, 0.29) is 11.2 Å². The number of rotatable bonds is 4. The van der Waals surface area contributed by atoms with E-state index in [4.69, 9.17) is 9.26 Å². The lowest BCUT2D eigenvalue weighted by atomic mass is 9.76. The summed E-state index contributed by atoms with van der Waals surface area (Å²) >= 11 is 0. The number of ether oxygens (including phenoxy) is 1. The molecule has 0 spiro atoms. The lowest BCUT2D eigenvalue weighted by Gasteiger charge is -2.27. The molecule has 1 fully saturated rings. The van der Waals surface area contributed by atoms with Gasteiger partial charge in [-0.05, 0) is 31.0 Å². The number of aromatic nitrogens is 2. The zero-order valence-corrected chi connectivity index (χ0v) is 11.0. The molecule has 0 bridgehead atoms. The van der Waals surface area contributed by atoms with E-state index in [1.165, 1.54) is 0 Å². The van der Waals surface area contributed by atoms with E-state index < -0.39 is 5.97 Å². The Morgan fingerprint density at radius 2 is 2.39 bits per heavy atom. The topological polar surface area (TPSA) is 77.2 Å². The van der Waals surface area contributed by atoms with Crippen molar-refractivity contribution >= 4 is 5.97 Å². The zero-order valence-electron chi connectivity index (χ0n) is 11.0. The highest BCUT2D eigenvalue weighted by Crippen LogP contribution is 2.36. The molecule has 0 saturated carbocycles. The first-order valence-corrected chi connectivity index (χ1v) is 6.32. The molecule has 2 heterocycles. The van der Waals surface area contributed by atoms with Crippen molar-refractivity contribution in [3.63, 3.8) is 0 Å². The van der Waals surface area contributed by atoms with Crippen LogP contribution < -0.4 is 5.32 Å². The van der Waals surface area contributed by atoms with Gasteiger partial charge in [-0.1, -0.05) is 13.8 Å². The smallest absolute Gasteiger partial charge is 0.379 e. The maximum Gasteiger partial charge on any atom is 0.379 e. The fraction of sp³-hybridized carbons (Fsp3) is 0.750. The van der Waals surface area contributed by atoms with Crippen LogP contribution in [0.1, 0.15) is 43.7 Å². The molecule has 0 aliphatic carbocycles. The fourth-order valence-corrected chi connectivity index (χ4v) is 2.34. The van der Waals surface area contributed by atoms with Gasteiger partial charge in [-0.3, -0.25) is 0 Å². The van der Waals surface area contributed by atoms with Crippen LogP contribution in [-0.4, -0.2) is 35.8 Å². The molecule has 18 heavy (non-hydrogen) atoms. The van der Waals surface area contributed by atoms with Crippen LogP contribution in [-0.2, 0) is 10.2 Å². The van der Waals surface area contributed by atoms with E-state index >= 15 is 0 Å². The van der Waals surface area contributed by atoms with E-state index in [2.05, 4.69) is 29.3 Å². The van der Waals surface area contributed by atoms with E-state index in [1.807, 2.05) is 0 Å². The molecule has 1 aromatic heterocycles. The Hall–Kier alpha value is -1.43. The summed E-state index contributed by atoms with van der Waals surface area (Å²) in [6.45, 7) is 8.03. The van der Waals surface area contributed by atoms with Crippen LogP contribution in [0.4, 0.5) is 0 Å². The highest BCUT2D eigenvalue weighted by Gasteiger charge is 2.44. The average molecular weight is 253 g/mol. The maximum absolute atomic E-state index is 11.5. The third kappa shape index (κ3) is 2.12. The van der Waals surface area contributed by atoms with Crippen molar-refractivity contribution in [3.8, 4) is 0 Å². The number of nitrogens with one attached hydrogen (secondary N) is 1. The Bertz CT molecular complexity index is 422. The van der Waals surface area contributed by atoms with Crippen LogP contribution >= 0.6 is 0 Å². The Balaban J connectivity index is 2.25. The van der Waals surface area contributed by atoms with Gasteiger partial charge in [-0.2, -0.15) is 4.98 Å². The molecule has 2 rings (SSSR count). The van der Waals surface area contributed by atoms with Crippen LogP contribution in [0.3, 0.4) is 0 Å². The van der Waals surface area contributed by atoms with Gasteiger partial charge < -0.3 is 14.6 Å². The molecule has 1 unspecified atom stereocenters. The number of carbonyl (C=O) groups is 1. The monoisotopic (exact) mass is 253 g/mol. The molecule has 1 aliphatic heterocycles. The quantitative estimate of drug-likeness (QED) is 0.811. The second kappa shape index (κ2) is 5.06. The van der Waals surface area contributed by atoms with Gasteiger partial charge in [0, 0.05) is 6.54 Å². The molecular formula is C12H19N3O3. The van der Waals surface area contributed by atoms with Crippen LogP contribution in [0, 0.1) is 5.92 Å². The summed E-state index contributed by atoms with van der Waals surface area (Å²) in [6.07, 6.45) is 0.940. The number of hydrogen-bond acceptors (Lipinski definition) is 6. The first kappa shape index (κ1) is 13.0. The molecule has 1 atom stereocenters. The van der Waals surface area contributed by atoms with Crippen LogP contribution in [0.15, 0.2) is 4.52 Å². The Labute approximate surface area is 106 Å². The second-order valence-electron chi connectivity index (χ2n) is 4.88. The summed E-state index contributed by atoms with van der Waals surface area (Å²) < 4.78 is 10.1. The highest BCUT2D eigenvalue weighted by atomic mass is 16.5. The first-order valence-electron chi connectivity index (χ1n) is 6.32. The number of esters is 1. The van der Waals surface area contributed by atoms with Crippen molar-refractivity contribution in [2.75, 3.05) is 19.7 Å². The molecule has 1 aromatic rings. The predicted molar refractivity (Wildman–Crippen MR) is 64.3 cm³/mol. The standard InChI is InChI=1S/C12H19N3O3/c1-4-17-10(16)9-14-11(18-15-9)12(8(2)3)5-6-13-7-12/h8,13H,4-7H2,1-3H3. The van der Waals surface area contributed by atoms with Gasteiger partial charge in [0.05, 0.1) is 12.0 Å². The second-order valence-corrected chi connectivity index (χ2v) is 4.88. The Morgan fingerprint density at radius 3 is 2.94 bits per heavy atom. The molecule has 1 aliphatic rings. The van der Waals surface area contributed by atoms with Crippen molar-refractivity contribution in [1.29, 1.82) is 0 Å². The lowest BCUT2D eigenvalue weighted by molar-refractivity contribution is 0.0508. The van der Waals surface area contributed by atoms with Crippen molar-refractivity contribution < 1.29 is 14.1 Å². The van der Waals surface area contributed by atoms with E-state index in [0.717, 1.165) is 19.5 Å². The maximum atomic E-state index is 11.5. The van der Waals surface area contributed by atoms with Crippen molar-refractivity contribution in [2.24, 2.45) is 5.92 Å². The van der Waals surface area contributed by atoms with E-state index in [1.54, 1.807) is 6.92 Å². The predicted octanol–water partition coefficient (Wildman–Crippen LogP) is 1.13. The largest absolute Gasteiger partial charge is 0.460 e. The molecule has 0 amide bonds. The third-order valence-corrected chi connectivity index (χ3v) is 3.60. The van der Waals surface area contributed by atoms with Gasteiger partial charge in [-0.15, -0.1) is 0 Å². The summed E-state index contributed by atoms with van der Waals surface area (Å²) in [4.78, 5) is 15.7. The SMILES string of the molecule is CCOC(=O)c1noc(C2(C(C)C)CCNC2)n1. The summed E-state index contributed by atoms with van der Waals surface area (Å²) in [6, 6.07) is 0. The normalized spacial score (nSPS) is 23.6. The summed E-state index contributed by atoms with van der Waals surface area (Å²) in [5.41, 5.74) is -0.169. The van der Waals surface area contributed by atoms with Gasteiger partial charge in [0.1, 0.15) is 0 Å². The summed E-state index contributed by atoms with van der Waals surface area (Å²) in [5, 5.41) is 7.03.